The molecule has 32 heavy (non-hydrogen) atoms. The number of carboxylic acid groups (broad SMARTS) is 1. The van der Waals surface area contributed by atoms with Gasteiger partial charge in [0, 0.05) is 27.9 Å². The molecule has 0 spiro atoms. The summed E-state index contributed by atoms with van der Waals surface area (Å²) in [6.07, 6.45) is 8.19. The van der Waals surface area contributed by atoms with E-state index in [0.29, 0.717) is 18.4 Å². The molecular formula is C24H27NO6S. The average molecular weight is 458 g/mol. The Balaban J connectivity index is 2.12. The number of hydrogen-bond donors (Lipinski definition) is 3. The van der Waals surface area contributed by atoms with E-state index in [2.05, 4.69) is 11.9 Å². The second-order valence-corrected chi connectivity index (χ2v) is 8.51. The lowest BCUT2D eigenvalue weighted by Gasteiger charge is -2.11. The van der Waals surface area contributed by atoms with Crippen molar-refractivity contribution in [2.24, 2.45) is 0 Å². The molecule has 1 unspecified atom stereocenters. The number of Topliss-reactive ketones (excluding diaryl/α,β-unsaturated/α-hetero) is 1. The number of allylic oxidation sites excluding steroid dienone is 3. The maximum atomic E-state index is 12.8. The van der Waals surface area contributed by atoms with Crippen molar-refractivity contribution in [2.75, 3.05) is 0 Å². The molecule has 0 saturated carbocycles. The van der Waals surface area contributed by atoms with E-state index >= 15 is 0 Å². The third-order valence-electron chi connectivity index (χ3n) is 4.75. The van der Waals surface area contributed by atoms with E-state index in [4.69, 9.17) is 9.52 Å². The fourth-order valence-electron chi connectivity index (χ4n) is 2.98. The fourth-order valence-corrected chi connectivity index (χ4v) is 4.01. The fraction of sp³-hybridized carbons (Fsp3) is 0.292. The molecule has 0 radical (unpaired) electrons. The molecule has 8 heteroatoms. The van der Waals surface area contributed by atoms with Crippen LogP contribution >= 0.6 is 11.3 Å². The molecule has 2 rings (SSSR count). The highest BCUT2D eigenvalue weighted by molar-refractivity contribution is 7.12. The average Bonchev–Trinajstić information content (AvgIpc) is 3.18. The summed E-state index contributed by atoms with van der Waals surface area (Å²) < 4.78 is 5.31. The Labute approximate surface area is 190 Å². The lowest BCUT2D eigenvalue weighted by atomic mass is 10.00. The summed E-state index contributed by atoms with van der Waals surface area (Å²) in [6, 6.07) is 5.20. The van der Waals surface area contributed by atoms with Gasteiger partial charge in [0.1, 0.15) is 17.1 Å². The van der Waals surface area contributed by atoms with Crippen LogP contribution in [0.5, 0.6) is 5.75 Å². The Bertz CT molecular complexity index is 1090. The van der Waals surface area contributed by atoms with Gasteiger partial charge >= 0.3 is 11.7 Å². The summed E-state index contributed by atoms with van der Waals surface area (Å²) >= 11 is 1.56. The number of amides is 1. The maximum absolute atomic E-state index is 12.8. The van der Waals surface area contributed by atoms with Crippen LogP contribution in [0.4, 0.5) is 4.79 Å². The summed E-state index contributed by atoms with van der Waals surface area (Å²) in [5.41, 5.74) is -0.948. The molecule has 0 aliphatic carbocycles. The Morgan fingerprint density at radius 3 is 2.72 bits per heavy atom. The monoisotopic (exact) mass is 457 g/mol. The van der Waals surface area contributed by atoms with Crippen molar-refractivity contribution in [1.29, 1.82) is 0 Å². The zero-order chi connectivity index (χ0) is 23.7. The van der Waals surface area contributed by atoms with Crippen LogP contribution in [0.25, 0.3) is 6.08 Å². The van der Waals surface area contributed by atoms with Crippen LogP contribution in [0, 0.1) is 0 Å². The summed E-state index contributed by atoms with van der Waals surface area (Å²) in [7, 11) is 0. The van der Waals surface area contributed by atoms with Crippen LogP contribution in [-0.2, 0) is 6.42 Å². The highest BCUT2D eigenvalue weighted by Gasteiger charge is 2.22. The maximum Gasteiger partial charge on any atom is 0.408 e. The quantitative estimate of drug-likeness (QED) is 0.234. The van der Waals surface area contributed by atoms with Crippen molar-refractivity contribution in [1.82, 2.24) is 5.32 Å². The first-order chi connectivity index (χ1) is 15.2. The molecule has 1 amide bonds. The SMILES string of the molecule is C=CCCc1ccc(C=C(C)C(=O)c2c(O)cc(C(C)CCC=CNC(=O)O)oc2=O)s1. The van der Waals surface area contributed by atoms with Crippen LogP contribution < -0.4 is 10.9 Å². The molecule has 2 aromatic heterocycles. The van der Waals surface area contributed by atoms with E-state index < -0.39 is 23.3 Å². The van der Waals surface area contributed by atoms with Gasteiger partial charge < -0.3 is 14.6 Å². The van der Waals surface area contributed by atoms with Crippen molar-refractivity contribution >= 4 is 29.3 Å². The van der Waals surface area contributed by atoms with Gasteiger partial charge in [-0.1, -0.05) is 19.1 Å². The topological polar surface area (TPSA) is 117 Å². The molecule has 3 N–H and O–H groups in total. The predicted molar refractivity (Wildman–Crippen MR) is 125 cm³/mol. The number of carbonyl (C=O) groups excluding carboxylic acids is 1. The van der Waals surface area contributed by atoms with Gasteiger partial charge in [0.2, 0.25) is 0 Å². The third kappa shape index (κ3) is 7.09. The minimum absolute atomic E-state index is 0.219. The van der Waals surface area contributed by atoms with Crippen molar-refractivity contribution < 1.29 is 24.2 Å². The molecule has 170 valence electrons. The number of nitrogens with one attached hydrogen (secondary N) is 1. The minimum atomic E-state index is -1.15. The van der Waals surface area contributed by atoms with E-state index in [0.717, 1.165) is 17.7 Å². The van der Waals surface area contributed by atoms with Gasteiger partial charge in [-0.05, 0) is 56.4 Å². The minimum Gasteiger partial charge on any atom is -0.507 e. The van der Waals surface area contributed by atoms with Crippen molar-refractivity contribution in [3.63, 3.8) is 0 Å². The summed E-state index contributed by atoms with van der Waals surface area (Å²) in [4.78, 5) is 37.7. The first kappa shape index (κ1) is 24.9. The van der Waals surface area contributed by atoms with Crippen LogP contribution in [0.2, 0.25) is 0 Å². The number of hydrogen-bond acceptors (Lipinski definition) is 6. The second kappa shape index (κ2) is 11.9. The van der Waals surface area contributed by atoms with E-state index in [9.17, 15) is 19.5 Å². The van der Waals surface area contributed by atoms with E-state index in [1.54, 1.807) is 30.4 Å². The summed E-state index contributed by atoms with van der Waals surface area (Å²) in [6.45, 7) is 7.11. The lowest BCUT2D eigenvalue weighted by Crippen LogP contribution is -2.16. The number of aryl methyl sites for hydroxylation is 1. The first-order valence-corrected chi connectivity index (χ1v) is 11.0. The van der Waals surface area contributed by atoms with Crippen molar-refractivity contribution in [3.8, 4) is 5.75 Å². The van der Waals surface area contributed by atoms with Gasteiger partial charge in [-0.3, -0.25) is 10.1 Å². The molecule has 0 aliphatic rings. The van der Waals surface area contributed by atoms with E-state index in [1.165, 1.54) is 17.1 Å². The van der Waals surface area contributed by atoms with Crippen LogP contribution in [0.3, 0.4) is 0 Å². The van der Waals surface area contributed by atoms with Gasteiger partial charge in [0.25, 0.3) is 0 Å². The van der Waals surface area contributed by atoms with E-state index in [-0.39, 0.29) is 17.2 Å². The molecule has 1 atom stereocenters. The molecule has 0 saturated heterocycles. The summed E-state index contributed by atoms with van der Waals surface area (Å²) in [5.74, 6) is -0.958. The van der Waals surface area contributed by atoms with Crippen LogP contribution in [0.1, 0.15) is 64.9 Å². The van der Waals surface area contributed by atoms with Crippen molar-refractivity contribution in [2.45, 2.75) is 45.4 Å². The van der Waals surface area contributed by atoms with Crippen LogP contribution in [-0.4, -0.2) is 22.1 Å². The van der Waals surface area contributed by atoms with Gasteiger partial charge in [-0.15, -0.1) is 17.9 Å². The Kier molecular flexibility index (Phi) is 9.22. The Hall–Kier alpha value is -3.39. The lowest BCUT2D eigenvalue weighted by molar-refractivity contribution is 0.102. The predicted octanol–water partition coefficient (Wildman–Crippen LogP) is 5.48. The molecule has 0 bridgehead atoms. The number of ketones is 1. The van der Waals surface area contributed by atoms with Gasteiger partial charge in [0.05, 0.1) is 0 Å². The Morgan fingerprint density at radius 2 is 2.06 bits per heavy atom. The zero-order valence-corrected chi connectivity index (χ0v) is 18.9. The highest BCUT2D eigenvalue weighted by Crippen LogP contribution is 2.27. The number of rotatable bonds is 11. The number of carbonyl (C=O) groups is 2. The highest BCUT2D eigenvalue weighted by atomic mass is 32.1. The van der Waals surface area contributed by atoms with Gasteiger partial charge in [-0.25, -0.2) is 9.59 Å². The molecule has 2 heterocycles. The molecule has 0 fully saturated rings. The van der Waals surface area contributed by atoms with Crippen LogP contribution in [0.15, 0.2) is 57.9 Å². The first-order valence-electron chi connectivity index (χ1n) is 10.2. The number of thiophene rings is 1. The smallest absolute Gasteiger partial charge is 0.408 e. The molecule has 0 aliphatic heterocycles. The van der Waals surface area contributed by atoms with E-state index in [1.807, 2.05) is 25.1 Å². The molecule has 2 aromatic rings. The molecule has 0 aromatic carbocycles. The zero-order valence-electron chi connectivity index (χ0n) is 18.1. The molecular weight excluding hydrogens is 430 g/mol. The standard InChI is InChI=1S/C24H27NO6S/c1-4-5-9-17-10-11-18(32-17)13-16(3)22(27)21-19(26)14-20(31-23(21)28)15(2)8-6-7-12-25-24(29)30/h4,7,10-15,25-26H,1,5-6,8-9H2,2-3H3,(H,29,30). The summed E-state index contributed by atoms with van der Waals surface area (Å²) in [5, 5.41) is 21.0. The third-order valence-corrected chi connectivity index (χ3v) is 5.84. The Morgan fingerprint density at radius 1 is 1.31 bits per heavy atom. The van der Waals surface area contributed by atoms with Gasteiger partial charge in [0.15, 0.2) is 5.78 Å². The second-order valence-electron chi connectivity index (χ2n) is 7.31. The largest absolute Gasteiger partial charge is 0.507 e. The van der Waals surface area contributed by atoms with Gasteiger partial charge in [-0.2, -0.15) is 0 Å². The normalized spacial score (nSPS) is 12.6. The number of aromatic hydroxyl groups is 1. The van der Waals surface area contributed by atoms with Crippen molar-refractivity contribution in [3.05, 3.63) is 80.2 Å². The molecule has 7 nitrogen and oxygen atoms in total.